The van der Waals surface area contributed by atoms with Gasteiger partial charge in [0.2, 0.25) is 11.8 Å². The van der Waals surface area contributed by atoms with Crippen LogP contribution in [0.5, 0.6) is 0 Å². The molecule has 7 heteroatoms. The van der Waals surface area contributed by atoms with Crippen LogP contribution in [-0.2, 0) is 16.1 Å². The summed E-state index contributed by atoms with van der Waals surface area (Å²) in [5.74, 6) is -0.591. The fourth-order valence-corrected chi connectivity index (χ4v) is 1.40. The lowest BCUT2D eigenvalue weighted by atomic mass is 10.0. The summed E-state index contributed by atoms with van der Waals surface area (Å²) in [5.41, 5.74) is 10.6. The van der Waals surface area contributed by atoms with Gasteiger partial charge in [-0.05, 0) is 12.0 Å². The van der Waals surface area contributed by atoms with Gasteiger partial charge in [-0.2, -0.15) is 5.10 Å². The Morgan fingerprint density at radius 3 is 2.59 bits per heavy atom. The van der Waals surface area contributed by atoms with Gasteiger partial charge in [-0.25, -0.2) is 0 Å². The molecule has 0 fully saturated rings. The van der Waals surface area contributed by atoms with Gasteiger partial charge in [0.05, 0.1) is 0 Å². The molecule has 2 amide bonds. The van der Waals surface area contributed by atoms with Crippen molar-refractivity contribution in [2.45, 2.75) is 26.4 Å². The molecule has 0 aliphatic rings. The lowest BCUT2D eigenvalue weighted by Gasteiger charge is -2.18. The second-order valence-corrected chi connectivity index (χ2v) is 4.13. The number of rotatable bonds is 5. The molecule has 0 spiro atoms. The summed E-state index contributed by atoms with van der Waals surface area (Å²) in [6, 6.07) is 0.914. The molecule has 0 aliphatic heterocycles. The van der Waals surface area contributed by atoms with Crippen LogP contribution in [-0.4, -0.2) is 27.6 Å². The van der Waals surface area contributed by atoms with E-state index in [0.717, 1.165) is 0 Å². The van der Waals surface area contributed by atoms with Gasteiger partial charge in [0.15, 0.2) is 0 Å². The third-order valence-corrected chi connectivity index (χ3v) is 2.26. The highest BCUT2D eigenvalue weighted by molar-refractivity contribution is 5.86. The zero-order chi connectivity index (χ0) is 13.0. The van der Waals surface area contributed by atoms with E-state index < -0.39 is 11.9 Å². The van der Waals surface area contributed by atoms with Crippen LogP contribution in [0, 0.1) is 5.92 Å². The summed E-state index contributed by atoms with van der Waals surface area (Å²) < 4.78 is 1.39. The van der Waals surface area contributed by atoms with Crippen LogP contribution in [0.15, 0.2) is 12.3 Å². The first kappa shape index (κ1) is 13.0. The Morgan fingerprint density at radius 2 is 2.18 bits per heavy atom. The van der Waals surface area contributed by atoms with Gasteiger partial charge >= 0.3 is 0 Å². The van der Waals surface area contributed by atoms with Crippen LogP contribution < -0.4 is 16.8 Å². The van der Waals surface area contributed by atoms with Gasteiger partial charge in [0.1, 0.15) is 18.4 Å². The summed E-state index contributed by atoms with van der Waals surface area (Å²) in [7, 11) is 0. The van der Waals surface area contributed by atoms with Gasteiger partial charge in [0, 0.05) is 6.20 Å². The molecule has 17 heavy (non-hydrogen) atoms. The summed E-state index contributed by atoms with van der Waals surface area (Å²) in [5, 5.41) is 6.42. The summed E-state index contributed by atoms with van der Waals surface area (Å²) >= 11 is 0. The van der Waals surface area contributed by atoms with E-state index >= 15 is 0 Å². The minimum Gasteiger partial charge on any atom is -0.382 e. The molecule has 0 aromatic carbocycles. The fraction of sp³-hybridized carbons (Fsp3) is 0.500. The number of carbonyl (C=O) groups is 2. The van der Waals surface area contributed by atoms with Gasteiger partial charge in [-0.1, -0.05) is 13.8 Å². The molecular weight excluding hydrogens is 222 g/mol. The number of carbonyl (C=O) groups excluding carboxylic acids is 2. The maximum absolute atomic E-state index is 11.6. The van der Waals surface area contributed by atoms with Gasteiger partial charge in [0.25, 0.3) is 0 Å². The first-order valence-corrected chi connectivity index (χ1v) is 5.27. The summed E-state index contributed by atoms with van der Waals surface area (Å²) in [4.78, 5) is 22.7. The summed E-state index contributed by atoms with van der Waals surface area (Å²) in [6.45, 7) is 3.62. The number of hydrogen-bond acceptors (Lipinski definition) is 4. The Kier molecular flexibility index (Phi) is 4.08. The average Bonchev–Trinajstić information content (AvgIpc) is 2.59. The number of hydrogen-bond donors (Lipinski definition) is 3. The highest BCUT2D eigenvalue weighted by Gasteiger charge is 2.21. The Balaban J connectivity index is 2.56. The Hall–Kier alpha value is -2.05. The quantitative estimate of drug-likeness (QED) is 0.616. The number of nitrogens with two attached hydrogens (primary N) is 2. The zero-order valence-electron chi connectivity index (χ0n) is 9.88. The molecule has 94 valence electrons. The Bertz CT molecular complexity index is 413. The highest BCUT2D eigenvalue weighted by Crippen LogP contribution is 2.01. The van der Waals surface area contributed by atoms with Crippen molar-refractivity contribution >= 4 is 17.6 Å². The molecule has 0 saturated heterocycles. The number of nitrogens with one attached hydrogen (secondary N) is 1. The number of aromatic nitrogens is 2. The van der Waals surface area contributed by atoms with E-state index in [4.69, 9.17) is 11.5 Å². The van der Waals surface area contributed by atoms with E-state index in [0.29, 0.717) is 5.82 Å². The van der Waals surface area contributed by atoms with E-state index in [-0.39, 0.29) is 18.4 Å². The maximum atomic E-state index is 11.6. The van der Waals surface area contributed by atoms with Crippen molar-refractivity contribution in [3.8, 4) is 0 Å². The average molecular weight is 239 g/mol. The Morgan fingerprint density at radius 1 is 1.53 bits per heavy atom. The van der Waals surface area contributed by atoms with E-state index in [1.165, 1.54) is 4.68 Å². The van der Waals surface area contributed by atoms with E-state index in [1.807, 2.05) is 13.8 Å². The molecular formula is C10H17N5O2. The number of nitrogens with zero attached hydrogens (tertiary/aromatic N) is 2. The first-order chi connectivity index (χ1) is 7.90. The third kappa shape index (κ3) is 3.78. The maximum Gasteiger partial charge on any atom is 0.242 e. The van der Waals surface area contributed by atoms with Crippen LogP contribution in [0.1, 0.15) is 13.8 Å². The molecule has 1 rings (SSSR count). The normalized spacial score (nSPS) is 12.4. The minimum absolute atomic E-state index is 0.00764. The summed E-state index contributed by atoms with van der Waals surface area (Å²) in [6.07, 6.45) is 1.59. The standard InChI is InChI=1S/C10H17N5O2/c1-6(2)9(10(12)17)13-8(16)5-15-4-3-7(11)14-15/h3-4,6,9H,5H2,1-2H3,(H2,11,14)(H2,12,17)(H,13,16). The predicted molar refractivity (Wildman–Crippen MR) is 62.6 cm³/mol. The fourth-order valence-electron chi connectivity index (χ4n) is 1.40. The van der Waals surface area contributed by atoms with E-state index in [2.05, 4.69) is 10.4 Å². The number of primary amides is 1. The molecule has 0 bridgehead atoms. The number of nitrogen functional groups attached to an aromatic ring is 1. The molecule has 0 saturated carbocycles. The van der Waals surface area contributed by atoms with Crippen molar-refractivity contribution < 1.29 is 9.59 Å². The molecule has 7 nitrogen and oxygen atoms in total. The van der Waals surface area contributed by atoms with E-state index in [9.17, 15) is 9.59 Å². The van der Waals surface area contributed by atoms with Gasteiger partial charge in [-0.15, -0.1) is 0 Å². The van der Waals surface area contributed by atoms with E-state index in [1.54, 1.807) is 12.3 Å². The molecule has 0 radical (unpaired) electrons. The minimum atomic E-state index is -0.671. The molecule has 1 aromatic heterocycles. The van der Waals surface area contributed by atoms with Crippen molar-refractivity contribution in [3.63, 3.8) is 0 Å². The SMILES string of the molecule is CC(C)C(NC(=O)Cn1ccc(N)n1)C(N)=O. The molecule has 1 unspecified atom stereocenters. The van der Waals surface area contributed by atoms with Gasteiger partial charge in [-0.3, -0.25) is 14.3 Å². The highest BCUT2D eigenvalue weighted by atomic mass is 16.2. The largest absolute Gasteiger partial charge is 0.382 e. The monoisotopic (exact) mass is 239 g/mol. The molecule has 5 N–H and O–H groups in total. The van der Waals surface area contributed by atoms with Crippen LogP contribution in [0.3, 0.4) is 0 Å². The molecule has 0 aliphatic carbocycles. The molecule has 1 atom stereocenters. The van der Waals surface area contributed by atoms with Crippen molar-refractivity contribution in [1.82, 2.24) is 15.1 Å². The van der Waals surface area contributed by atoms with Crippen LogP contribution in [0.25, 0.3) is 0 Å². The van der Waals surface area contributed by atoms with Crippen LogP contribution in [0.4, 0.5) is 5.82 Å². The van der Waals surface area contributed by atoms with Crippen LogP contribution in [0.2, 0.25) is 0 Å². The first-order valence-electron chi connectivity index (χ1n) is 5.27. The zero-order valence-corrected chi connectivity index (χ0v) is 9.88. The molecule has 1 heterocycles. The van der Waals surface area contributed by atoms with Crippen molar-refractivity contribution in [2.75, 3.05) is 5.73 Å². The van der Waals surface area contributed by atoms with Gasteiger partial charge < -0.3 is 16.8 Å². The lowest BCUT2D eigenvalue weighted by Crippen LogP contribution is -2.48. The third-order valence-electron chi connectivity index (χ3n) is 2.26. The Labute approximate surface area is 99.1 Å². The van der Waals surface area contributed by atoms with Crippen molar-refractivity contribution in [2.24, 2.45) is 11.7 Å². The molecule has 1 aromatic rings. The topological polar surface area (TPSA) is 116 Å². The second kappa shape index (κ2) is 5.33. The van der Waals surface area contributed by atoms with Crippen LogP contribution >= 0.6 is 0 Å². The van der Waals surface area contributed by atoms with Crippen molar-refractivity contribution in [3.05, 3.63) is 12.3 Å². The predicted octanol–water partition coefficient (Wildman–Crippen LogP) is -0.909. The number of anilines is 1. The lowest BCUT2D eigenvalue weighted by molar-refractivity contribution is -0.128. The number of amides is 2. The smallest absolute Gasteiger partial charge is 0.242 e. The van der Waals surface area contributed by atoms with Crippen molar-refractivity contribution in [1.29, 1.82) is 0 Å². The second-order valence-electron chi connectivity index (χ2n) is 4.13.